The van der Waals surface area contributed by atoms with Gasteiger partial charge in [0.05, 0.1) is 17.7 Å². The van der Waals surface area contributed by atoms with Gasteiger partial charge in [0.1, 0.15) is 0 Å². The van der Waals surface area contributed by atoms with Gasteiger partial charge in [0.2, 0.25) is 5.17 Å². The third kappa shape index (κ3) is 4.69. The fourth-order valence-electron chi connectivity index (χ4n) is 3.88. The zero-order chi connectivity index (χ0) is 24.4. The molecule has 35 heavy (non-hydrogen) atoms. The molecule has 0 aliphatic carbocycles. The van der Waals surface area contributed by atoms with Crippen LogP contribution in [0.5, 0.6) is 11.5 Å². The quantitative estimate of drug-likeness (QED) is 0.385. The average molecular weight is 490 g/mol. The van der Waals surface area contributed by atoms with Crippen molar-refractivity contribution in [3.63, 3.8) is 0 Å². The maximum Gasteiger partial charge on any atom is 0.343 e. The van der Waals surface area contributed by atoms with Crippen LogP contribution in [0, 0.1) is 5.41 Å². The maximum atomic E-state index is 12.8. The molecule has 9 nitrogen and oxygen atoms in total. The molecule has 0 unspecified atom stereocenters. The molecular formula is C25H23N5O4S. The molecule has 2 aromatic carbocycles. The van der Waals surface area contributed by atoms with Gasteiger partial charge in [0.15, 0.2) is 22.5 Å². The number of hydrogen-bond donors (Lipinski definition) is 1. The highest BCUT2D eigenvalue weighted by Gasteiger charge is 2.37. The summed E-state index contributed by atoms with van der Waals surface area (Å²) in [6, 6.07) is 13.7. The number of rotatable bonds is 5. The summed E-state index contributed by atoms with van der Waals surface area (Å²) in [7, 11) is 0. The molecular weight excluding hydrogens is 466 g/mol. The largest absolute Gasteiger partial charge is 0.490 e. The van der Waals surface area contributed by atoms with Crippen molar-refractivity contribution >= 4 is 45.9 Å². The highest BCUT2D eigenvalue weighted by atomic mass is 32.2. The van der Waals surface area contributed by atoms with Crippen molar-refractivity contribution in [1.82, 2.24) is 9.91 Å². The minimum Gasteiger partial charge on any atom is -0.490 e. The Morgan fingerprint density at radius 3 is 2.63 bits per heavy atom. The van der Waals surface area contributed by atoms with E-state index in [0.29, 0.717) is 28.7 Å². The molecule has 1 N–H and O–H groups in total. The number of hydrazone groups is 1. The van der Waals surface area contributed by atoms with Crippen molar-refractivity contribution in [3.05, 3.63) is 65.2 Å². The zero-order valence-corrected chi connectivity index (χ0v) is 19.9. The van der Waals surface area contributed by atoms with Crippen LogP contribution in [0.15, 0.2) is 64.2 Å². The molecule has 3 aliphatic rings. The van der Waals surface area contributed by atoms with Crippen molar-refractivity contribution in [3.8, 4) is 11.5 Å². The number of amidine groups is 3. The summed E-state index contributed by atoms with van der Waals surface area (Å²) in [6.07, 6.45) is 3.78. The second-order valence-corrected chi connectivity index (χ2v) is 8.93. The van der Waals surface area contributed by atoms with E-state index in [1.807, 2.05) is 13.0 Å². The van der Waals surface area contributed by atoms with Gasteiger partial charge in [-0.15, -0.1) is 5.10 Å². The normalized spacial score (nSPS) is 18.5. The number of likely N-dealkylation sites (tertiary alicyclic amines) is 1. The van der Waals surface area contributed by atoms with E-state index in [9.17, 15) is 9.59 Å². The minimum atomic E-state index is -0.498. The van der Waals surface area contributed by atoms with Crippen LogP contribution in [0.3, 0.4) is 0 Å². The van der Waals surface area contributed by atoms with E-state index in [-0.39, 0.29) is 17.2 Å². The third-order valence-corrected chi connectivity index (χ3v) is 6.58. The van der Waals surface area contributed by atoms with E-state index < -0.39 is 11.9 Å². The van der Waals surface area contributed by atoms with Crippen LogP contribution < -0.4 is 9.47 Å². The number of carbonyl (C=O) groups is 2. The lowest BCUT2D eigenvalue weighted by Crippen LogP contribution is -2.35. The highest BCUT2D eigenvalue weighted by Crippen LogP contribution is 2.33. The standard InChI is InChI=1S/C25H23N5O4S/c1-2-33-20-15-16(10-11-19(20)34-23(32)17-8-4-3-5-9-17)14-18-21(26)30-24(27-22(18)31)35-25(28-30)29-12-6-7-13-29/h3-5,8-11,14-15,26H,2,6-7,12-13H2,1H3/b18-14-,26-21?. The average Bonchev–Trinajstić information content (AvgIpc) is 3.54. The van der Waals surface area contributed by atoms with Crippen LogP contribution >= 0.6 is 11.8 Å². The Bertz CT molecular complexity index is 1280. The molecule has 10 heteroatoms. The SMILES string of the molecule is CCOc1cc(/C=C2/C(=N)N3N=C(N4CCCC4)SC3=NC2=O)ccc1OC(=O)c1ccccc1. The van der Waals surface area contributed by atoms with Gasteiger partial charge in [-0.25, -0.2) is 4.79 Å². The first-order valence-corrected chi connectivity index (χ1v) is 12.1. The molecule has 0 bridgehead atoms. The van der Waals surface area contributed by atoms with Crippen LogP contribution in [-0.2, 0) is 4.79 Å². The van der Waals surface area contributed by atoms with Gasteiger partial charge in [0, 0.05) is 13.1 Å². The van der Waals surface area contributed by atoms with E-state index in [4.69, 9.17) is 14.9 Å². The van der Waals surface area contributed by atoms with Crippen molar-refractivity contribution in [2.75, 3.05) is 19.7 Å². The summed E-state index contributed by atoms with van der Waals surface area (Å²) < 4.78 is 11.2. The summed E-state index contributed by atoms with van der Waals surface area (Å²) in [5.74, 6) is -0.398. The summed E-state index contributed by atoms with van der Waals surface area (Å²) in [5, 5.41) is 15.7. The van der Waals surface area contributed by atoms with Crippen LogP contribution in [-0.4, -0.2) is 57.7 Å². The smallest absolute Gasteiger partial charge is 0.343 e. The fraction of sp³-hybridized carbons (Fsp3) is 0.240. The monoisotopic (exact) mass is 489 g/mol. The molecule has 0 aromatic heterocycles. The molecule has 0 spiro atoms. The highest BCUT2D eigenvalue weighted by molar-refractivity contribution is 8.26. The number of benzene rings is 2. The Labute approximate surface area is 206 Å². The molecule has 178 valence electrons. The van der Waals surface area contributed by atoms with E-state index in [1.165, 1.54) is 16.8 Å². The summed E-state index contributed by atoms with van der Waals surface area (Å²) in [6.45, 7) is 4.01. The van der Waals surface area contributed by atoms with Gasteiger partial charge in [-0.1, -0.05) is 24.3 Å². The molecule has 1 saturated heterocycles. The molecule has 0 atom stereocenters. The Morgan fingerprint density at radius 2 is 1.89 bits per heavy atom. The van der Waals surface area contributed by atoms with Gasteiger partial charge >= 0.3 is 5.97 Å². The number of nitrogens with one attached hydrogen (secondary N) is 1. The second kappa shape index (κ2) is 9.75. The molecule has 1 amide bonds. The van der Waals surface area contributed by atoms with Crippen LogP contribution in [0.4, 0.5) is 0 Å². The van der Waals surface area contributed by atoms with Crippen LogP contribution in [0.1, 0.15) is 35.7 Å². The number of carbonyl (C=O) groups excluding carboxylic acids is 2. The van der Waals surface area contributed by atoms with Crippen LogP contribution in [0.25, 0.3) is 6.08 Å². The first kappa shape index (κ1) is 22.9. The predicted octanol–water partition coefficient (Wildman–Crippen LogP) is 3.98. The van der Waals surface area contributed by atoms with Gasteiger partial charge in [-0.05, 0) is 67.4 Å². The molecule has 3 aliphatic heterocycles. The molecule has 1 fully saturated rings. The Balaban J connectivity index is 1.40. The van der Waals surface area contributed by atoms with Crippen molar-refractivity contribution in [2.45, 2.75) is 19.8 Å². The Morgan fingerprint density at radius 1 is 1.11 bits per heavy atom. The van der Waals surface area contributed by atoms with Crippen molar-refractivity contribution in [1.29, 1.82) is 5.41 Å². The first-order chi connectivity index (χ1) is 17.0. The zero-order valence-electron chi connectivity index (χ0n) is 19.1. The number of hydrogen-bond acceptors (Lipinski definition) is 8. The van der Waals surface area contributed by atoms with Gasteiger partial charge in [-0.3, -0.25) is 10.2 Å². The maximum absolute atomic E-state index is 12.8. The molecule has 0 radical (unpaired) electrons. The number of thioether (sulfide) groups is 1. The molecule has 5 rings (SSSR count). The lowest BCUT2D eigenvalue weighted by Gasteiger charge is -2.20. The van der Waals surface area contributed by atoms with Crippen molar-refractivity contribution < 1.29 is 19.1 Å². The topological polar surface area (TPSA) is 108 Å². The number of nitrogens with zero attached hydrogens (tertiary/aromatic N) is 4. The third-order valence-electron chi connectivity index (χ3n) is 5.61. The van der Waals surface area contributed by atoms with E-state index in [0.717, 1.165) is 31.1 Å². The van der Waals surface area contributed by atoms with E-state index in [1.54, 1.807) is 48.5 Å². The lowest BCUT2D eigenvalue weighted by atomic mass is 10.1. The number of ether oxygens (including phenoxy) is 2. The van der Waals surface area contributed by atoms with Gasteiger partial charge < -0.3 is 14.4 Å². The number of fused-ring (bicyclic) bond motifs is 1. The first-order valence-electron chi connectivity index (χ1n) is 11.3. The predicted molar refractivity (Wildman–Crippen MR) is 135 cm³/mol. The summed E-state index contributed by atoms with van der Waals surface area (Å²) in [4.78, 5) is 31.6. The van der Waals surface area contributed by atoms with E-state index >= 15 is 0 Å². The summed E-state index contributed by atoms with van der Waals surface area (Å²) in [5.41, 5.74) is 1.15. The lowest BCUT2D eigenvalue weighted by molar-refractivity contribution is -0.114. The Hall–Kier alpha value is -3.92. The number of esters is 1. The van der Waals surface area contributed by atoms with Crippen molar-refractivity contribution in [2.24, 2.45) is 10.1 Å². The fourth-order valence-corrected chi connectivity index (χ4v) is 4.83. The van der Waals surface area contributed by atoms with Gasteiger partial charge in [-0.2, -0.15) is 10.0 Å². The molecule has 2 aromatic rings. The molecule has 0 saturated carbocycles. The number of aliphatic imine (C=N–C) groups is 1. The second-order valence-electron chi connectivity index (χ2n) is 7.99. The van der Waals surface area contributed by atoms with Crippen LogP contribution in [0.2, 0.25) is 0 Å². The van der Waals surface area contributed by atoms with E-state index in [2.05, 4.69) is 15.0 Å². The summed E-state index contributed by atoms with van der Waals surface area (Å²) >= 11 is 1.32. The number of amides is 1. The van der Waals surface area contributed by atoms with Gasteiger partial charge in [0.25, 0.3) is 5.91 Å². The minimum absolute atomic E-state index is 0.0285. The molecule has 3 heterocycles. The Kier molecular flexibility index (Phi) is 6.37.